The highest BCUT2D eigenvalue weighted by Crippen LogP contribution is 2.70. The van der Waals surface area contributed by atoms with Gasteiger partial charge in [-0.1, -0.05) is 286 Å². The zero-order chi connectivity index (χ0) is 86.5. The largest absolute Gasteiger partial charge is 0.508 e. The molecule has 3 aromatic rings. The molecule has 0 aromatic heterocycles. The third kappa shape index (κ3) is 24.8. The molecule has 3 aromatic carbocycles. The fourth-order valence-corrected chi connectivity index (χ4v) is 25.3. The van der Waals surface area contributed by atoms with Crippen LogP contribution >= 0.6 is 0 Å². The Morgan fingerprint density at radius 2 is 0.656 bits per heavy atom. The molecule has 12 nitrogen and oxygen atoms in total. The lowest BCUT2D eigenvalue weighted by molar-refractivity contribution is -0.0619. The molecule has 16 atom stereocenters. The molecule has 11 rings (SSSR count). The lowest BCUT2D eigenvalue weighted by atomic mass is 9.47. The highest BCUT2D eigenvalue weighted by Gasteiger charge is 2.61. The van der Waals surface area contributed by atoms with E-state index in [0.717, 1.165) is 298 Å². The fourth-order valence-electron chi connectivity index (χ4n) is 25.3. The van der Waals surface area contributed by atoms with Crippen LogP contribution in [0.1, 0.15) is 413 Å². The van der Waals surface area contributed by atoms with Gasteiger partial charge in [0, 0.05) is 46.2 Å². The second kappa shape index (κ2) is 48.2. The van der Waals surface area contributed by atoms with Gasteiger partial charge in [0.05, 0.1) is 39.6 Å². The summed E-state index contributed by atoms with van der Waals surface area (Å²) in [5.74, 6) is 12.0. The molecule has 0 N–H and O–H groups in total. The van der Waals surface area contributed by atoms with Gasteiger partial charge >= 0.3 is 12.3 Å². The summed E-state index contributed by atoms with van der Waals surface area (Å²) in [6.07, 6.45) is 61.4. The summed E-state index contributed by atoms with van der Waals surface area (Å²) in [5, 5.41) is 0. The summed E-state index contributed by atoms with van der Waals surface area (Å²) in [4.78, 5) is 28.3. The number of benzene rings is 3. The van der Waals surface area contributed by atoms with Crippen LogP contribution in [-0.2, 0) is 32.2 Å². The molecule has 6 fully saturated rings. The number of unbranched alkanes of at least 4 members (excludes halogenated alkanes) is 18. The Labute approximate surface area is 742 Å². The normalized spacial score (nSPS) is 27.6. The molecule has 0 aliphatic heterocycles. The van der Waals surface area contributed by atoms with Crippen molar-refractivity contribution < 1.29 is 57.0 Å². The third-order valence-corrected chi connectivity index (χ3v) is 32.3. The number of hydrogen-bond donors (Lipinski definition) is 0. The number of fused-ring (bicyclic) bond motifs is 10. The van der Waals surface area contributed by atoms with Crippen LogP contribution in [0.25, 0.3) is 24.3 Å². The molecule has 682 valence electrons. The van der Waals surface area contributed by atoms with Crippen molar-refractivity contribution in [1.29, 1.82) is 0 Å². The van der Waals surface area contributed by atoms with E-state index in [1.165, 1.54) is 88.2 Å². The summed E-state index contributed by atoms with van der Waals surface area (Å²) >= 11 is 0. The second-order valence-corrected chi connectivity index (χ2v) is 40.6. The molecule has 8 aliphatic rings. The van der Waals surface area contributed by atoms with Crippen molar-refractivity contribution in [1.82, 2.24) is 0 Å². The van der Waals surface area contributed by atoms with E-state index >= 15 is 0 Å². The zero-order valence-electron chi connectivity index (χ0n) is 79.5. The van der Waals surface area contributed by atoms with Gasteiger partial charge in [-0.2, -0.15) is 0 Å². The van der Waals surface area contributed by atoms with Crippen LogP contribution in [0.5, 0.6) is 34.5 Å². The number of carbonyl (C=O) groups is 2. The first-order chi connectivity index (χ1) is 59.3. The number of rotatable bonds is 52. The summed E-state index contributed by atoms with van der Waals surface area (Å²) in [7, 11) is 0. The van der Waals surface area contributed by atoms with E-state index in [0.29, 0.717) is 85.3 Å². The summed E-state index contributed by atoms with van der Waals surface area (Å²) in [6, 6.07) is 12.5. The van der Waals surface area contributed by atoms with Gasteiger partial charge in [-0.25, -0.2) is 9.59 Å². The van der Waals surface area contributed by atoms with Crippen molar-refractivity contribution in [3.8, 4) is 34.5 Å². The van der Waals surface area contributed by atoms with E-state index < -0.39 is 12.3 Å². The van der Waals surface area contributed by atoms with Gasteiger partial charge in [0.25, 0.3) is 0 Å². The van der Waals surface area contributed by atoms with E-state index in [1.807, 2.05) is 12.1 Å². The molecule has 2 unspecified atom stereocenters. The maximum absolute atomic E-state index is 14.2. The molecule has 122 heavy (non-hydrogen) atoms. The van der Waals surface area contributed by atoms with Gasteiger partial charge in [-0.15, -0.1) is 0 Å². The molecule has 0 amide bonds. The molecule has 0 heterocycles. The van der Waals surface area contributed by atoms with Gasteiger partial charge in [-0.3, -0.25) is 0 Å². The van der Waals surface area contributed by atoms with Crippen molar-refractivity contribution in [2.24, 2.45) is 80.8 Å². The first-order valence-electron chi connectivity index (χ1n) is 51.0. The zero-order valence-corrected chi connectivity index (χ0v) is 79.5. The average molecular weight is 1680 g/mol. The third-order valence-electron chi connectivity index (χ3n) is 32.3. The predicted molar refractivity (Wildman–Crippen MR) is 504 cm³/mol. The van der Waals surface area contributed by atoms with E-state index in [2.05, 4.69) is 158 Å². The second-order valence-electron chi connectivity index (χ2n) is 40.6. The molecule has 0 spiro atoms. The van der Waals surface area contributed by atoms with Crippen molar-refractivity contribution >= 4 is 36.6 Å². The van der Waals surface area contributed by atoms with Gasteiger partial charge < -0.3 is 47.4 Å². The minimum absolute atomic E-state index is 0.00803. The van der Waals surface area contributed by atoms with Crippen molar-refractivity contribution in [2.75, 3.05) is 39.6 Å². The minimum Gasteiger partial charge on any atom is -0.493 e. The Bertz CT molecular complexity index is 3580. The maximum Gasteiger partial charge on any atom is 0.508 e. The van der Waals surface area contributed by atoms with E-state index in [4.69, 9.17) is 47.4 Å². The summed E-state index contributed by atoms with van der Waals surface area (Å²) in [5.41, 5.74) is 9.20. The van der Waals surface area contributed by atoms with Crippen LogP contribution in [0.3, 0.4) is 0 Å². The molecule has 0 radical (unpaired) electrons. The van der Waals surface area contributed by atoms with Crippen molar-refractivity contribution in [3.05, 3.63) is 93.1 Å². The molecular weight excluding hydrogens is 1510 g/mol. The Kier molecular flexibility index (Phi) is 38.2. The Morgan fingerprint density at radius 1 is 0.352 bits per heavy atom. The molecule has 0 bridgehead atoms. The quantitative estimate of drug-likeness (QED) is 0.0231. The van der Waals surface area contributed by atoms with Gasteiger partial charge in [0.15, 0.2) is 0 Å². The number of allylic oxidation sites excluding steroid dienone is 2. The topological polar surface area (TPSA) is 126 Å². The SMILES string of the molecule is CCCCCCOc1cc(/C=C/c2cc(OCCCCCC)c(COC(=O)OC3CC[C@@]4(C)C(=CC[C@H]5[C@@H]6CC[C@H]([C@H](C)CCC)[C@@]6(C)CC[C@@H]54)C3)cc2OCCCCCC)c(OCCCCCC)cc1/C=C/c1cc(OCCCCCC)c(COC(=O)OC2CC[C@@]3(C)C(=CC[C@H]4[C@@H]5CC[C@H]([C@H](C)CCC)[C@@]5(C)CC[C@@H]43)C2)cc1OCCCCCC. The average Bonchev–Trinajstić information content (AvgIpc) is 1.46. The Balaban J connectivity index is 0.852. The van der Waals surface area contributed by atoms with Crippen LogP contribution in [0.4, 0.5) is 9.59 Å². The smallest absolute Gasteiger partial charge is 0.493 e. The maximum atomic E-state index is 14.2. The Morgan fingerprint density at radius 3 is 0.967 bits per heavy atom. The minimum atomic E-state index is -0.628. The number of hydrogen-bond acceptors (Lipinski definition) is 12. The van der Waals surface area contributed by atoms with Gasteiger partial charge in [0.2, 0.25) is 0 Å². The highest BCUT2D eigenvalue weighted by atomic mass is 16.7. The highest BCUT2D eigenvalue weighted by molar-refractivity contribution is 5.81. The number of carbonyl (C=O) groups excluding carboxylic acids is 2. The van der Waals surface area contributed by atoms with Gasteiger partial charge in [0.1, 0.15) is 59.9 Å². The molecule has 6 saturated carbocycles. The molecule has 8 aliphatic carbocycles. The van der Waals surface area contributed by atoms with Crippen LogP contribution in [0, 0.1) is 80.8 Å². The molecule has 12 heteroatoms. The van der Waals surface area contributed by atoms with Crippen LogP contribution < -0.4 is 28.4 Å². The summed E-state index contributed by atoms with van der Waals surface area (Å²) < 4.78 is 66.3. The van der Waals surface area contributed by atoms with Crippen molar-refractivity contribution in [3.63, 3.8) is 0 Å². The first kappa shape index (κ1) is 96.6. The van der Waals surface area contributed by atoms with E-state index in [1.54, 1.807) is 0 Å². The monoisotopic (exact) mass is 1680 g/mol. The van der Waals surface area contributed by atoms with Crippen LogP contribution in [0.15, 0.2) is 59.7 Å². The standard InChI is InChI=1S/C110H170O12/c1-15-23-29-35-63-113-99-69-82(44-46-84-72-104(118-68-40-34-28-20-6)86(74-102(84)116-66-38-32-26-18-4)78-120-106(112)122-90-56-60-108(12)88(76-90)48-50-92-96-54-52-94(80(10)42-22-8)110(96,14)62-58-98(92)108)100(114-64-36-30-24-16-2)70-81(99)43-45-83-71-103(117-67-39-33-27-19-5)85(73-101(83)115-65-37-31-25-17-3)77-119-105(111)121-89-55-59-107(11)87(75-89)47-49-91-95-53-51-93(79(9)41-21-7)109(95,13)61-57-97(91)107/h43-48,69-74,79-80,89-98H,15-42,49-68,75-78H2,1-14H3/b45-43+,46-44+/t79-,80-,89?,90?,91+,92+,93-,94-,95+,96+,97+,98+,107+,108+,109-,110-/m1/s1. The predicted octanol–water partition coefficient (Wildman–Crippen LogP) is 31.9. The summed E-state index contributed by atoms with van der Waals surface area (Å²) in [6.45, 7) is 36.9. The first-order valence-corrected chi connectivity index (χ1v) is 51.0. The number of ether oxygens (including phenoxy) is 10. The van der Waals surface area contributed by atoms with E-state index in [9.17, 15) is 9.59 Å². The van der Waals surface area contributed by atoms with Crippen LogP contribution in [-0.4, -0.2) is 64.2 Å². The van der Waals surface area contributed by atoms with E-state index in [-0.39, 0.29) is 36.3 Å². The fraction of sp³-hybridized carbons (Fsp3) is 0.745. The molecular formula is C110H170O12. The lowest BCUT2D eigenvalue weighted by Crippen LogP contribution is -2.51. The van der Waals surface area contributed by atoms with Crippen LogP contribution in [0.2, 0.25) is 0 Å². The van der Waals surface area contributed by atoms with Gasteiger partial charge in [-0.05, 0) is 246 Å². The lowest BCUT2D eigenvalue weighted by Gasteiger charge is -2.58. The van der Waals surface area contributed by atoms with Crippen molar-refractivity contribution in [2.45, 2.75) is 405 Å². The Hall–Kier alpha value is -6.04. The molecule has 0 saturated heterocycles.